The van der Waals surface area contributed by atoms with Crippen molar-refractivity contribution in [2.75, 3.05) is 18.9 Å². The standard InChI is InChI=1S/C22H20F2N2O4S/c1-26(14-16-6-7-17(23)13-21(16)24)22(27)15-4-3-5-20(12-15)31(28,29)25-18-8-10-19(30-2)11-9-18/h3-13,25H,14H2,1-2H3. The van der Waals surface area contributed by atoms with Crippen LogP contribution in [0.4, 0.5) is 14.5 Å². The van der Waals surface area contributed by atoms with Gasteiger partial charge in [-0.15, -0.1) is 0 Å². The molecule has 1 amide bonds. The summed E-state index contributed by atoms with van der Waals surface area (Å²) in [7, 11) is -0.999. The summed E-state index contributed by atoms with van der Waals surface area (Å²) >= 11 is 0. The van der Waals surface area contributed by atoms with E-state index in [2.05, 4.69) is 4.72 Å². The Morgan fingerprint density at radius 1 is 1.03 bits per heavy atom. The minimum Gasteiger partial charge on any atom is -0.497 e. The predicted octanol–water partition coefficient (Wildman–Crippen LogP) is 4.05. The Morgan fingerprint density at radius 2 is 1.74 bits per heavy atom. The number of nitrogens with one attached hydrogen (secondary N) is 1. The first-order valence-corrected chi connectivity index (χ1v) is 10.6. The van der Waals surface area contributed by atoms with Crippen LogP contribution in [0.3, 0.4) is 0 Å². The second-order valence-corrected chi connectivity index (χ2v) is 8.44. The Balaban J connectivity index is 1.78. The maximum Gasteiger partial charge on any atom is 0.261 e. The number of amides is 1. The SMILES string of the molecule is COc1ccc(NS(=O)(=O)c2cccc(C(=O)N(C)Cc3ccc(F)cc3F)c2)cc1. The van der Waals surface area contributed by atoms with Crippen LogP contribution in [0.25, 0.3) is 0 Å². The van der Waals surface area contributed by atoms with E-state index in [0.29, 0.717) is 11.4 Å². The number of hydrogen-bond acceptors (Lipinski definition) is 4. The molecule has 0 aliphatic carbocycles. The number of sulfonamides is 1. The predicted molar refractivity (Wildman–Crippen MR) is 112 cm³/mol. The van der Waals surface area contributed by atoms with E-state index in [-0.39, 0.29) is 22.6 Å². The van der Waals surface area contributed by atoms with Crippen molar-refractivity contribution in [2.24, 2.45) is 0 Å². The number of methoxy groups -OCH3 is 1. The summed E-state index contributed by atoms with van der Waals surface area (Å²) in [6.45, 7) is -0.105. The highest BCUT2D eigenvalue weighted by atomic mass is 32.2. The van der Waals surface area contributed by atoms with Gasteiger partial charge in [-0.1, -0.05) is 12.1 Å². The second-order valence-electron chi connectivity index (χ2n) is 6.76. The van der Waals surface area contributed by atoms with Gasteiger partial charge in [0.15, 0.2) is 0 Å². The number of halogens is 2. The summed E-state index contributed by atoms with van der Waals surface area (Å²) in [6.07, 6.45) is 0. The van der Waals surface area contributed by atoms with Crippen LogP contribution < -0.4 is 9.46 Å². The number of anilines is 1. The highest BCUT2D eigenvalue weighted by molar-refractivity contribution is 7.92. The van der Waals surface area contributed by atoms with Crippen LogP contribution >= 0.6 is 0 Å². The Kier molecular flexibility index (Phi) is 6.55. The van der Waals surface area contributed by atoms with Gasteiger partial charge in [-0.05, 0) is 48.5 Å². The third-order valence-electron chi connectivity index (χ3n) is 4.50. The third-order valence-corrected chi connectivity index (χ3v) is 5.88. The zero-order chi connectivity index (χ0) is 22.6. The Labute approximate surface area is 179 Å². The summed E-state index contributed by atoms with van der Waals surface area (Å²) in [5.41, 5.74) is 0.589. The number of ether oxygens (including phenoxy) is 1. The van der Waals surface area contributed by atoms with Crippen molar-refractivity contribution in [1.29, 1.82) is 0 Å². The average molecular weight is 446 g/mol. The minimum absolute atomic E-state index is 0.101. The molecule has 0 unspecified atom stereocenters. The lowest BCUT2D eigenvalue weighted by Crippen LogP contribution is -2.27. The molecule has 0 saturated carbocycles. The van der Waals surface area contributed by atoms with Gasteiger partial charge in [0, 0.05) is 36.5 Å². The molecule has 0 aliphatic rings. The van der Waals surface area contributed by atoms with Gasteiger partial charge in [-0.3, -0.25) is 9.52 Å². The number of carbonyl (C=O) groups is 1. The van der Waals surface area contributed by atoms with Gasteiger partial charge in [0.25, 0.3) is 15.9 Å². The van der Waals surface area contributed by atoms with Crippen molar-refractivity contribution >= 4 is 21.6 Å². The topological polar surface area (TPSA) is 75.7 Å². The summed E-state index contributed by atoms with van der Waals surface area (Å²) in [4.78, 5) is 13.9. The molecule has 0 bridgehead atoms. The van der Waals surface area contributed by atoms with Crippen molar-refractivity contribution in [3.63, 3.8) is 0 Å². The van der Waals surface area contributed by atoms with E-state index in [1.807, 2.05) is 0 Å². The molecule has 31 heavy (non-hydrogen) atoms. The molecule has 1 N–H and O–H groups in total. The molecule has 9 heteroatoms. The first-order valence-electron chi connectivity index (χ1n) is 9.16. The lowest BCUT2D eigenvalue weighted by Gasteiger charge is -2.18. The number of nitrogens with zero attached hydrogens (tertiary/aromatic N) is 1. The normalized spacial score (nSPS) is 11.1. The summed E-state index contributed by atoms with van der Waals surface area (Å²) in [5, 5.41) is 0. The lowest BCUT2D eigenvalue weighted by molar-refractivity contribution is 0.0783. The van der Waals surface area contributed by atoms with E-state index in [1.165, 1.54) is 49.4 Å². The smallest absolute Gasteiger partial charge is 0.261 e. The molecule has 0 heterocycles. The van der Waals surface area contributed by atoms with Gasteiger partial charge in [-0.25, -0.2) is 17.2 Å². The van der Waals surface area contributed by atoms with E-state index >= 15 is 0 Å². The van der Waals surface area contributed by atoms with E-state index in [1.54, 1.807) is 24.3 Å². The quantitative estimate of drug-likeness (QED) is 0.594. The van der Waals surface area contributed by atoms with Crippen LogP contribution in [0.5, 0.6) is 5.75 Å². The van der Waals surface area contributed by atoms with E-state index in [9.17, 15) is 22.0 Å². The molecule has 6 nitrogen and oxygen atoms in total. The maximum absolute atomic E-state index is 13.9. The Bertz CT molecular complexity index is 1200. The fraction of sp³-hybridized carbons (Fsp3) is 0.136. The highest BCUT2D eigenvalue weighted by Crippen LogP contribution is 2.21. The molecule has 162 valence electrons. The summed E-state index contributed by atoms with van der Waals surface area (Å²) in [6, 6.07) is 15.0. The molecule has 3 aromatic carbocycles. The van der Waals surface area contributed by atoms with Gasteiger partial charge in [0.1, 0.15) is 17.4 Å². The Hall–Kier alpha value is -3.46. The van der Waals surface area contributed by atoms with Gasteiger partial charge >= 0.3 is 0 Å². The van der Waals surface area contributed by atoms with Crippen LogP contribution in [0.2, 0.25) is 0 Å². The van der Waals surface area contributed by atoms with Crippen molar-refractivity contribution in [3.8, 4) is 5.75 Å². The molecule has 0 radical (unpaired) electrons. The highest BCUT2D eigenvalue weighted by Gasteiger charge is 2.19. The first kappa shape index (κ1) is 22.2. The van der Waals surface area contributed by atoms with Crippen molar-refractivity contribution in [2.45, 2.75) is 11.4 Å². The van der Waals surface area contributed by atoms with Crippen LogP contribution in [0.15, 0.2) is 71.6 Å². The molecule has 0 aromatic heterocycles. The number of benzene rings is 3. The summed E-state index contributed by atoms with van der Waals surface area (Å²) < 4.78 is 59.9. The van der Waals surface area contributed by atoms with Crippen LogP contribution in [-0.4, -0.2) is 33.4 Å². The van der Waals surface area contributed by atoms with Gasteiger partial charge < -0.3 is 9.64 Å². The van der Waals surface area contributed by atoms with E-state index in [4.69, 9.17) is 4.74 Å². The third kappa shape index (κ3) is 5.37. The number of rotatable bonds is 7. The van der Waals surface area contributed by atoms with Crippen LogP contribution in [0, 0.1) is 11.6 Å². The zero-order valence-electron chi connectivity index (χ0n) is 16.8. The lowest BCUT2D eigenvalue weighted by atomic mass is 10.1. The molecule has 0 saturated heterocycles. The molecular weight excluding hydrogens is 426 g/mol. The molecule has 0 fully saturated rings. The fourth-order valence-corrected chi connectivity index (χ4v) is 3.97. The van der Waals surface area contributed by atoms with Crippen molar-refractivity contribution in [1.82, 2.24) is 4.90 Å². The van der Waals surface area contributed by atoms with Gasteiger partial charge in [0.05, 0.1) is 12.0 Å². The van der Waals surface area contributed by atoms with E-state index in [0.717, 1.165) is 12.1 Å². The number of carbonyl (C=O) groups excluding carboxylic acids is 1. The largest absolute Gasteiger partial charge is 0.497 e. The molecule has 0 atom stereocenters. The maximum atomic E-state index is 13.9. The Morgan fingerprint density at radius 3 is 2.39 bits per heavy atom. The first-order chi connectivity index (χ1) is 14.7. The molecule has 3 rings (SSSR count). The van der Waals surface area contributed by atoms with E-state index < -0.39 is 27.6 Å². The monoisotopic (exact) mass is 446 g/mol. The van der Waals surface area contributed by atoms with Crippen LogP contribution in [0.1, 0.15) is 15.9 Å². The van der Waals surface area contributed by atoms with Crippen molar-refractivity contribution < 1.29 is 26.7 Å². The number of hydrogen-bond donors (Lipinski definition) is 1. The summed E-state index contributed by atoms with van der Waals surface area (Å²) in [5.74, 6) is -1.40. The van der Waals surface area contributed by atoms with Gasteiger partial charge in [-0.2, -0.15) is 0 Å². The molecular formula is C22H20F2N2O4S. The molecule has 0 spiro atoms. The zero-order valence-corrected chi connectivity index (χ0v) is 17.6. The van der Waals surface area contributed by atoms with Crippen molar-refractivity contribution in [3.05, 3.63) is 89.5 Å². The molecule has 0 aliphatic heterocycles. The second kappa shape index (κ2) is 9.13. The van der Waals surface area contributed by atoms with Crippen LogP contribution in [-0.2, 0) is 16.6 Å². The van der Waals surface area contributed by atoms with Gasteiger partial charge in [0.2, 0.25) is 0 Å². The average Bonchev–Trinajstić information content (AvgIpc) is 2.75. The molecule has 3 aromatic rings. The minimum atomic E-state index is -3.95. The fourth-order valence-electron chi connectivity index (χ4n) is 2.87.